The van der Waals surface area contributed by atoms with Gasteiger partial charge in [-0.1, -0.05) is 49.9 Å². The number of imidazole rings is 1. The van der Waals surface area contributed by atoms with Crippen LogP contribution in [0.2, 0.25) is 10.0 Å². The molecule has 0 bridgehead atoms. The quantitative estimate of drug-likeness (QED) is 0.664. The molecular formula is C14H17Cl3N2. The fourth-order valence-corrected chi connectivity index (χ4v) is 2.80. The van der Waals surface area contributed by atoms with Crippen LogP contribution in [0, 0.1) is 5.92 Å². The summed E-state index contributed by atoms with van der Waals surface area (Å²) >= 11 is 18.2. The predicted molar refractivity (Wildman–Crippen MR) is 83.4 cm³/mol. The summed E-state index contributed by atoms with van der Waals surface area (Å²) in [6.45, 7) is 5.33. The highest BCUT2D eigenvalue weighted by Crippen LogP contribution is 2.29. The molecule has 1 aromatic carbocycles. The second-order valence-electron chi connectivity index (χ2n) is 4.71. The van der Waals surface area contributed by atoms with Crippen LogP contribution >= 0.6 is 34.8 Å². The minimum absolute atomic E-state index is 0.393. The standard InChI is InChI=1S/C14H17Cl3N2/c1-3-9(4-2)8-19-13-6-11(17)10(16)5-12(13)18-14(19)7-15/h5-6,9H,3-4,7-8H2,1-2H3. The van der Waals surface area contributed by atoms with E-state index < -0.39 is 0 Å². The van der Waals surface area contributed by atoms with Crippen molar-refractivity contribution in [2.75, 3.05) is 0 Å². The fourth-order valence-electron chi connectivity index (χ4n) is 2.28. The maximum atomic E-state index is 6.11. The molecular weight excluding hydrogens is 303 g/mol. The van der Waals surface area contributed by atoms with Crippen molar-refractivity contribution in [3.05, 3.63) is 28.0 Å². The predicted octanol–water partition coefficient (Wildman–Crippen LogP) is 5.52. The Morgan fingerprint density at radius 2 is 1.79 bits per heavy atom. The summed E-state index contributed by atoms with van der Waals surface area (Å²) in [4.78, 5) is 4.54. The Labute approximate surface area is 128 Å². The van der Waals surface area contributed by atoms with Crippen molar-refractivity contribution in [1.29, 1.82) is 0 Å². The van der Waals surface area contributed by atoms with Crippen molar-refractivity contribution in [3.8, 4) is 0 Å². The first kappa shape index (κ1) is 15.0. The van der Waals surface area contributed by atoms with E-state index in [4.69, 9.17) is 34.8 Å². The summed E-state index contributed by atoms with van der Waals surface area (Å²) < 4.78 is 2.17. The minimum atomic E-state index is 0.393. The van der Waals surface area contributed by atoms with E-state index in [0.29, 0.717) is 21.8 Å². The Kier molecular flexibility index (Phi) is 4.99. The average Bonchev–Trinajstić information content (AvgIpc) is 2.73. The number of benzene rings is 1. The molecule has 0 N–H and O–H groups in total. The molecule has 5 heteroatoms. The molecule has 0 radical (unpaired) electrons. The van der Waals surface area contributed by atoms with Crippen molar-refractivity contribution in [2.45, 2.75) is 39.1 Å². The molecule has 0 saturated heterocycles. The summed E-state index contributed by atoms with van der Waals surface area (Å²) in [5.74, 6) is 1.89. The first-order chi connectivity index (χ1) is 9.10. The molecule has 0 unspecified atom stereocenters. The summed E-state index contributed by atoms with van der Waals surface area (Å²) in [5, 5.41) is 1.09. The van der Waals surface area contributed by atoms with Gasteiger partial charge in [-0.25, -0.2) is 4.98 Å². The summed E-state index contributed by atoms with van der Waals surface area (Å²) in [6.07, 6.45) is 2.28. The van der Waals surface area contributed by atoms with Gasteiger partial charge < -0.3 is 4.57 Å². The van der Waals surface area contributed by atoms with E-state index in [2.05, 4.69) is 23.4 Å². The molecule has 1 heterocycles. The van der Waals surface area contributed by atoms with Gasteiger partial charge in [0.15, 0.2) is 0 Å². The van der Waals surface area contributed by atoms with Crippen LogP contribution in [0.1, 0.15) is 32.5 Å². The van der Waals surface area contributed by atoms with Crippen LogP contribution in [0.5, 0.6) is 0 Å². The van der Waals surface area contributed by atoms with Gasteiger partial charge in [-0.15, -0.1) is 11.6 Å². The third kappa shape index (κ3) is 3.01. The van der Waals surface area contributed by atoms with Gasteiger partial charge in [0.2, 0.25) is 0 Å². The van der Waals surface area contributed by atoms with Gasteiger partial charge >= 0.3 is 0 Å². The second kappa shape index (κ2) is 6.34. The van der Waals surface area contributed by atoms with Crippen LogP contribution in [0.4, 0.5) is 0 Å². The lowest BCUT2D eigenvalue weighted by Gasteiger charge is -2.15. The average molecular weight is 320 g/mol. The first-order valence-corrected chi connectivity index (χ1v) is 7.79. The highest BCUT2D eigenvalue weighted by molar-refractivity contribution is 6.42. The van der Waals surface area contributed by atoms with Crippen LogP contribution in [-0.4, -0.2) is 9.55 Å². The van der Waals surface area contributed by atoms with E-state index in [9.17, 15) is 0 Å². The molecule has 0 aliphatic heterocycles. The molecule has 1 aromatic heterocycles. The topological polar surface area (TPSA) is 17.8 Å². The van der Waals surface area contributed by atoms with Crippen molar-refractivity contribution in [3.63, 3.8) is 0 Å². The number of alkyl halides is 1. The number of aromatic nitrogens is 2. The molecule has 0 fully saturated rings. The molecule has 104 valence electrons. The third-order valence-corrected chi connectivity index (χ3v) is 4.55. The van der Waals surface area contributed by atoms with Gasteiger partial charge in [-0.3, -0.25) is 0 Å². The van der Waals surface area contributed by atoms with E-state index in [1.807, 2.05) is 6.07 Å². The Balaban J connectivity index is 2.53. The van der Waals surface area contributed by atoms with Crippen LogP contribution in [0.3, 0.4) is 0 Å². The lowest BCUT2D eigenvalue weighted by molar-refractivity contribution is 0.419. The van der Waals surface area contributed by atoms with Crippen LogP contribution in [0.25, 0.3) is 11.0 Å². The maximum Gasteiger partial charge on any atom is 0.124 e. The minimum Gasteiger partial charge on any atom is -0.327 e. The Bertz CT molecular complexity index is 574. The Morgan fingerprint density at radius 3 is 2.37 bits per heavy atom. The zero-order chi connectivity index (χ0) is 14.0. The zero-order valence-corrected chi connectivity index (χ0v) is 13.4. The van der Waals surface area contributed by atoms with E-state index in [1.54, 1.807) is 6.07 Å². The second-order valence-corrected chi connectivity index (χ2v) is 5.79. The van der Waals surface area contributed by atoms with Crippen molar-refractivity contribution in [2.24, 2.45) is 5.92 Å². The van der Waals surface area contributed by atoms with E-state index >= 15 is 0 Å². The number of halogens is 3. The molecule has 2 aromatic rings. The van der Waals surface area contributed by atoms with Gasteiger partial charge in [0.1, 0.15) is 5.82 Å². The normalized spacial score (nSPS) is 11.7. The zero-order valence-electron chi connectivity index (χ0n) is 11.1. The number of fused-ring (bicyclic) bond motifs is 1. The van der Waals surface area contributed by atoms with Crippen molar-refractivity contribution < 1.29 is 0 Å². The smallest absolute Gasteiger partial charge is 0.124 e. The number of hydrogen-bond donors (Lipinski definition) is 0. The SMILES string of the molecule is CCC(CC)Cn1c(CCl)nc2cc(Cl)c(Cl)cc21. The summed E-state index contributed by atoms with van der Waals surface area (Å²) in [6, 6.07) is 3.68. The van der Waals surface area contributed by atoms with Gasteiger partial charge in [0.25, 0.3) is 0 Å². The Morgan fingerprint density at radius 1 is 1.16 bits per heavy atom. The summed E-state index contributed by atoms with van der Waals surface area (Å²) in [7, 11) is 0. The molecule has 0 spiro atoms. The largest absolute Gasteiger partial charge is 0.327 e. The van der Waals surface area contributed by atoms with Gasteiger partial charge in [-0.2, -0.15) is 0 Å². The van der Waals surface area contributed by atoms with Crippen LogP contribution in [-0.2, 0) is 12.4 Å². The van der Waals surface area contributed by atoms with E-state index in [0.717, 1.165) is 36.2 Å². The van der Waals surface area contributed by atoms with Crippen LogP contribution < -0.4 is 0 Å². The van der Waals surface area contributed by atoms with Crippen molar-refractivity contribution in [1.82, 2.24) is 9.55 Å². The molecule has 0 amide bonds. The number of nitrogens with zero attached hydrogens (tertiary/aromatic N) is 2. The lowest BCUT2D eigenvalue weighted by Crippen LogP contribution is -2.11. The highest BCUT2D eigenvalue weighted by atomic mass is 35.5. The monoisotopic (exact) mass is 318 g/mol. The molecule has 0 aliphatic rings. The molecule has 2 rings (SSSR count). The molecule has 0 aliphatic carbocycles. The van der Waals surface area contributed by atoms with Crippen molar-refractivity contribution >= 4 is 45.8 Å². The van der Waals surface area contributed by atoms with Crippen LogP contribution in [0.15, 0.2) is 12.1 Å². The van der Waals surface area contributed by atoms with Gasteiger partial charge in [-0.05, 0) is 18.1 Å². The molecule has 0 saturated carbocycles. The first-order valence-electron chi connectivity index (χ1n) is 6.50. The lowest BCUT2D eigenvalue weighted by atomic mass is 10.0. The maximum absolute atomic E-state index is 6.11. The van der Waals surface area contributed by atoms with E-state index in [1.165, 1.54) is 0 Å². The molecule has 19 heavy (non-hydrogen) atoms. The van der Waals surface area contributed by atoms with E-state index in [-0.39, 0.29) is 0 Å². The third-order valence-electron chi connectivity index (χ3n) is 3.58. The number of hydrogen-bond acceptors (Lipinski definition) is 1. The molecule has 0 atom stereocenters. The van der Waals surface area contributed by atoms with Gasteiger partial charge in [0.05, 0.1) is 27.0 Å². The Hall–Kier alpha value is -0.440. The summed E-state index contributed by atoms with van der Waals surface area (Å²) in [5.41, 5.74) is 1.87. The number of rotatable bonds is 5. The highest BCUT2D eigenvalue weighted by Gasteiger charge is 2.15. The fraction of sp³-hybridized carbons (Fsp3) is 0.500. The van der Waals surface area contributed by atoms with Gasteiger partial charge in [0, 0.05) is 6.54 Å². The molecule has 2 nitrogen and oxygen atoms in total.